The third-order valence-electron chi connectivity index (χ3n) is 3.44. The number of carbonyl (C=O) groups is 1. The highest BCUT2D eigenvalue weighted by molar-refractivity contribution is 5.93. The van der Waals surface area contributed by atoms with Gasteiger partial charge in [0.25, 0.3) is 0 Å². The third kappa shape index (κ3) is 3.22. The molecule has 5 heteroatoms. The van der Waals surface area contributed by atoms with Crippen molar-refractivity contribution in [2.24, 2.45) is 0 Å². The summed E-state index contributed by atoms with van der Waals surface area (Å²) in [6, 6.07) is 3.86. The number of nitrogen functional groups attached to an aromatic ring is 1. The van der Waals surface area contributed by atoms with Crippen molar-refractivity contribution in [2.45, 2.75) is 39.9 Å². The van der Waals surface area contributed by atoms with Crippen LogP contribution < -0.4 is 16.0 Å². The van der Waals surface area contributed by atoms with Gasteiger partial charge in [0.2, 0.25) is 5.91 Å². The van der Waals surface area contributed by atoms with Crippen molar-refractivity contribution in [3.63, 3.8) is 0 Å². The fraction of sp³-hybridized carbons (Fsp3) is 0.533. The second-order valence-electron chi connectivity index (χ2n) is 5.57. The molecular weight excluding hydrogens is 254 g/mol. The van der Waals surface area contributed by atoms with Crippen molar-refractivity contribution in [2.75, 3.05) is 29.0 Å². The summed E-state index contributed by atoms with van der Waals surface area (Å²) >= 11 is 0. The van der Waals surface area contributed by atoms with Crippen LogP contribution in [-0.4, -0.2) is 31.2 Å². The molecule has 0 radical (unpaired) electrons. The molecule has 1 aliphatic heterocycles. The van der Waals surface area contributed by atoms with E-state index in [0.29, 0.717) is 11.4 Å². The van der Waals surface area contributed by atoms with Crippen molar-refractivity contribution in [3.05, 3.63) is 17.7 Å². The molecule has 3 N–H and O–H groups in total. The summed E-state index contributed by atoms with van der Waals surface area (Å²) < 4.78 is 5.76. The van der Waals surface area contributed by atoms with Gasteiger partial charge in [-0.3, -0.25) is 4.79 Å². The second-order valence-corrected chi connectivity index (χ2v) is 5.57. The van der Waals surface area contributed by atoms with Crippen LogP contribution in [0.15, 0.2) is 12.1 Å². The molecule has 1 saturated heterocycles. The molecule has 1 fully saturated rings. The quantitative estimate of drug-likeness (QED) is 0.813. The maximum Gasteiger partial charge on any atom is 0.221 e. The van der Waals surface area contributed by atoms with Crippen molar-refractivity contribution in [1.82, 2.24) is 0 Å². The summed E-state index contributed by atoms with van der Waals surface area (Å²) in [5.74, 6) is -0.116. The molecule has 1 aliphatic rings. The number of ether oxygens (including phenoxy) is 1. The largest absolute Gasteiger partial charge is 0.397 e. The van der Waals surface area contributed by atoms with Gasteiger partial charge >= 0.3 is 0 Å². The van der Waals surface area contributed by atoms with Crippen LogP contribution in [0.5, 0.6) is 0 Å². The highest BCUT2D eigenvalue weighted by Gasteiger charge is 2.24. The predicted molar refractivity (Wildman–Crippen MR) is 82.1 cm³/mol. The zero-order valence-corrected chi connectivity index (χ0v) is 12.6. The maximum atomic E-state index is 11.2. The normalized spacial score (nSPS) is 22.7. The van der Waals surface area contributed by atoms with Gasteiger partial charge in [-0.1, -0.05) is 0 Å². The predicted octanol–water partition coefficient (Wildman–Crippen LogP) is 2.15. The van der Waals surface area contributed by atoms with Gasteiger partial charge < -0.3 is 20.7 Å². The lowest BCUT2D eigenvalue weighted by atomic mass is 10.1. The molecule has 20 heavy (non-hydrogen) atoms. The molecule has 1 heterocycles. The van der Waals surface area contributed by atoms with Crippen LogP contribution in [0.25, 0.3) is 0 Å². The number of amides is 1. The number of nitrogens with two attached hydrogens (primary N) is 1. The van der Waals surface area contributed by atoms with E-state index in [2.05, 4.69) is 24.1 Å². The number of anilines is 3. The average molecular weight is 277 g/mol. The molecule has 0 spiro atoms. The lowest BCUT2D eigenvalue weighted by Crippen LogP contribution is -2.45. The van der Waals surface area contributed by atoms with Gasteiger partial charge in [0.05, 0.1) is 23.6 Å². The summed E-state index contributed by atoms with van der Waals surface area (Å²) in [4.78, 5) is 13.5. The smallest absolute Gasteiger partial charge is 0.221 e. The van der Waals surface area contributed by atoms with Gasteiger partial charge in [0.1, 0.15) is 0 Å². The van der Waals surface area contributed by atoms with Crippen LogP contribution in [0.4, 0.5) is 17.1 Å². The number of morpholine rings is 1. The van der Waals surface area contributed by atoms with E-state index in [1.54, 1.807) is 0 Å². The van der Waals surface area contributed by atoms with Crippen molar-refractivity contribution in [3.8, 4) is 0 Å². The second kappa shape index (κ2) is 5.71. The fourth-order valence-corrected chi connectivity index (χ4v) is 2.73. The fourth-order valence-electron chi connectivity index (χ4n) is 2.73. The Labute approximate surface area is 120 Å². The highest BCUT2D eigenvalue weighted by Crippen LogP contribution is 2.31. The molecule has 2 atom stereocenters. The maximum absolute atomic E-state index is 11.2. The summed E-state index contributed by atoms with van der Waals surface area (Å²) in [5.41, 5.74) is 9.44. The molecular formula is C15H23N3O2. The SMILES string of the molecule is CC(=O)Nc1cc(N2C[C@@H](C)O[C@H](C)C2)c(C)cc1N. The molecule has 2 rings (SSSR count). The molecule has 5 nitrogen and oxygen atoms in total. The van der Waals surface area contributed by atoms with Crippen LogP contribution in [0.1, 0.15) is 26.3 Å². The van der Waals surface area contributed by atoms with Gasteiger partial charge in [-0.2, -0.15) is 0 Å². The van der Waals surface area contributed by atoms with E-state index in [1.807, 2.05) is 19.1 Å². The minimum atomic E-state index is -0.116. The van der Waals surface area contributed by atoms with Crippen LogP contribution >= 0.6 is 0 Å². The number of aryl methyl sites for hydroxylation is 1. The Balaban J connectivity index is 2.32. The third-order valence-corrected chi connectivity index (χ3v) is 3.44. The Morgan fingerprint density at radius 3 is 2.50 bits per heavy atom. The first-order valence-corrected chi connectivity index (χ1v) is 6.95. The van der Waals surface area contributed by atoms with Crippen LogP contribution in [0, 0.1) is 6.92 Å². The number of benzene rings is 1. The van der Waals surface area contributed by atoms with Crippen molar-refractivity contribution >= 4 is 23.0 Å². The monoisotopic (exact) mass is 277 g/mol. The first-order chi connectivity index (χ1) is 9.36. The minimum absolute atomic E-state index is 0.116. The van der Waals surface area contributed by atoms with E-state index in [4.69, 9.17) is 10.5 Å². The Kier molecular flexibility index (Phi) is 4.18. The number of carbonyl (C=O) groups excluding carboxylic acids is 1. The summed E-state index contributed by atoms with van der Waals surface area (Å²) in [6.45, 7) is 9.35. The number of hydrogen-bond donors (Lipinski definition) is 2. The number of rotatable bonds is 2. The van der Waals surface area contributed by atoms with Gasteiger partial charge in [0, 0.05) is 25.7 Å². The molecule has 0 bridgehead atoms. The Morgan fingerprint density at radius 1 is 1.35 bits per heavy atom. The summed E-state index contributed by atoms with van der Waals surface area (Å²) in [6.07, 6.45) is 0.389. The molecule has 1 amide bonds. The highest BCUT2D eigenvalue weighted by atomic mass is 16.5. The molecule has 0 aromatic heterocycles. The van der Waals surface area contributed by atoms with Gasteiger partial charge in [-0.05, 0) is 38.5 Å². The van der Waals surface area contributed by atoms with Crippen LogP contribution in [0.2, 0.25) is 0 Å². The number of hydrogen-bond acceptors (Lipinski definition) is 4. The first kappa shape index (κ1) is 14.7. The zero-order chi connectivity index (χ0) is 14.9. The van der Waals surface area contributed by atoms with Crippen LogP contribution in [-0.2, 0) is 9.53 Å². The van der Waals surface area contributed by atoms with E-state index >= 15 is 0 Å². The number of nitrogens with one attached hydrogen (secondary N) is 1. The van der Waals surface area contributed by atoms with E-state index in [-0.39, 0.29) is 18.1 Å². The zero-order valence-electron chi connectivity index (χ0n) is 12.6. The van der Waals surface area contributed by atoms with Gasteiger partial charge in [0.15, 0.2) is 0 Å². The summed E-state index contributed by atoms with van der Waals surface area (Å²) in [5, 5.41) is 2.78. The Morgan fingerprint density at radius 2 is 1.95 bits per heavy atom. The molecule has 1 aromatic carbocycles. The lowest BCUT2D eigenvalue weighted by Gasteiger charge is -2.37. The lowest BCUT2D eigenvalue weighted by molar-refractivity contribution is -0.114. The van der Waals surface area contributed by atoms with Gasteiger partial charge in [-0.25, -0.2) is 0 Å². The molecule has 0 aliphatic carbocycles. The first-order valence-electron chi connectivity index (χ1n) is 6.95. The van der Waals surface area contributed by atoms with E-state index in [0.717, 1.165) is 24.3 Å². The van der Waals surface area contributed by atoms with Gasteiger partial charge in [-0.15, -0.1) is 0 Å². The molecule has 110 valence electrons. The molecule has 0 unspecified atom stereocenters. The van der Waals surface area contributed by atoms with E-state index in [1.165, 1.54) is 6.92 Å². The van der Waals surface area contributed by atoms with Crippen molar-refractivity contribution in [1.29, 1.82) is 0 Å². The topological polar surface area (TPSA) is 67.6 Å². The average Bonchev–Trinajstić information content (AvgIpc) is 2.30. The Hall–Kier alpha value is -1.75. The van der Waals surface area contributed by atoms with E-state index in [9.17, 15) is 4.79 Å². The standard InChI is InChI=1S/C15H23N3O2/c1-9-5-13(16)14(17-12(4)19)6-15(9)18-7-10(2)20-11(3)8-18/h5-6,10-11H,7-8,16H2,1-4H3,(H,17,19)/t10-,11-/m1/s1. The molecule has 1 aromatic rings. The van der Waals surface area contributed by atoms with E-state index < -0.39 is 0 Å². The summed E-state index contributed by atoms with van der Waals surface area (Å²) in [7, 11) is 0. The minimum Gasteiger partial charge on any atom is -0.397 e. The van der Waals surface area contributed by atoms with Crippen molar-refractivity contribution < 1.29 is 9.53 Å². The van der Waals surface area contributed by atoms with Crippen LogP contribution in [0.3, 0.4) is 0 Å². The molecule has 0 saturated carbocycles. The Bertz CT molecular complexity index is 506. The number of nitrogens with zero attached hydrogens (tertiary/aromatic N) is 1.